The number of aryl methyl sites for hydroxylation is 1. The van der Waals surface area contributed by atoms with Gasteiger partial charge < -0.3 is 10.1 Å². The second-order valence-corrected chi connectivity index (χ2v) is 8.46. The van der Waals surface area contributed by atoms with Crippen LogP contribution in [-0.2, 0) is 9.59 Å². The number of benzene rings is 2. The molecule has 8 heteroatoms. The van der Waals surface area contributed by atoms with Gasteiger partial charge in [0.2, 0.25) is 5.91 Å². The maximum Gasteiger partial charge on any atom is 0.294 e. The van der Waals surface area contributed by atoms with Crippen LogP contribution < -0.4 is 10.1 Å². The molecule has 1 aliphatic heterocycles. The summed E-state index contributed by atoms with van der Waals surface area (Å²) in [5.74, 6) is -0.121. The van der Waals surface area contributed by atoms with Crippen molar-refractivity contribution >= 4 is 63.2 Å². The van der Waals surface area contributed by atoms with Crippen LogP contribution in [0.1, 0.15) is 18.1 Å². The maximum absolute atomic E-state index is 12.6. The average molecular weight is 522 g/mol. The lowest BCUT2D eigenvalue weighted by Gasteiger charge is -2.12. The quantitative estimate of drug-likeness (QED) is 0.441. The van der Waals surface area contributed by atoms with Gasteiger partial charge in [-0.2, -0.15) is 0 Å². The van der Waals surface area contributed by atoms with Crippen molar-refractivity contribution in [1.82, 2.24) is 4.90 Å². The molecule has 2 aromatic rings. The number of carbonyl (C=O) groups excluding carboxylic acids is 3. The van der Waals surface area contributed by atoms with Crippen molar-refractivity contribution in [2.45, 2.75) is 13.8 Å². The van der Waals surface area contributed by atoms with E-state index in [9.17, 15) is 14.4 Å². The smallest absolute Gasteiger partial charge is 0.294 e. The zero-order valence-corrected chi connectivity index (χ0v) is 18.9. The monoisotopic (exact) mass is 522 g/mol. The van der Waals surface area contributed by atoms with Crippen LogP contribution in [0.15, 0.2) is 47.4 Å². The highest BCUT2D eigenvalue weighted by atomic mass is 127. The first-order valence-electron chi connectivity index (χ1n) is 8.91. The molecule has 0 atom stereocenters. The fourth-order valence-corrected chi connectivity index (χ4v) is 4.27. The van der Waals surface area contributed by atoms with E-state index >= 15 is 0 Å². The maximum atomic E-state index is 12.6. The Balaban J connectivity index is 1.69. The molecule has 3 amide bonds. The fourth-order valence-electron chi connectivity index (χ4n) is 2.73. The topological polar surface area (TPSA) is 75.7 Å². The van der Waals surface area contributed by atoms with Gasteiger partial charge in [-0.25, -0.2) is 0 Å². The first kappa shape index (κ1) is 21.4. The molecule has 0 spiro atoms. The Hall–Kier alpha value is -2.33. The average Bonchev–Trinajstić information content (AvgIpc) is 2.91. The van der Waals surface area contributed by atoms with Crippen molar-refractivity contribution in [3.63, 3.8) is 0 Å². The number of halogens is 1. The summed E-state index contributed by atoms with van der Waals surface area (Å²) in [6.45, 7) is 4.07. The van der Waals surface area contributed by atoms with Gasteiger partial charge in [0.1, 0.15) is 12.3 Å². The van der Waals surface area contributed by atoms with Crippen LogP contribution >= 0.6 is 34.4 Å². The molecule has 0 unspecified atom stereocenters. The normalized spacial score (nSPS) is 15.1. The van der Waals surface area contributed by atoms with Crippen LogP contribution in [0.2, 0.25) is 0 Å². The van der Waals surface area contributed by atoms with E-state index in [4.69, 9.17) is 4.74 Å². The van der Waals surface area contributed by atoms with Crippen molar-refractivity contribution in [2.24, 2.45) is 0 Å². The number of ether oxygens (including phenoxy) is 1. The number of imide groups is 1. The highest BCUT2D eigenvalue weighted by Gasteiger charge is 2.36. The molecule has 0 aromatic heterocycles. The summed E-state index contributed by atoms with van der Waals surface area (Å²) >= 11 is 2.99. The molecule has 6 nitrogen and oxygen atoms in total. The third kappa shape index (κ3) is 5.39. The van der Waals surface area contributed by atoms with Crippen LogP contribution in [0.3, 0.4) is 0 Å². The van der Waals surface area contributed by atoms with E-state index < -0.39 is 17.1 Å². The van der Waals surface area contributed by atoms with Crippen LogP contribution in [0, 0.1) is 10.5 Å². The van der Waals surface area contributed by atoms with Crippen LogP contribution in [0.5, 0.6) is 5.75 Å². The minimum atomic E-state index is -0.469. The minimum absolute atomic E-state index is 0.290. The van der Waals surface area contributed by atoms with E-state index in [1.807, 2.05) is 50.2 Å². The van der Waals surface area contributed by atoms with Crippen molar-refractivity contribution in [2.75, 3.05) is 18.5 Å². The number of hydrogen-bond donors (Lipinski definition) is 1. The minimum Gasteiger partial charge on any atom is -0.493 e. The SMILES string of the molecule is CCOc1ccc(/C=C2\SC(=O)N(CC(=O)Nc3cccc(C)c3)C2=O)cc1I. The molecule has 1 aliphatic rings. The van der Waals surface area contributed by atoms with Crippen molar-refractivity contribution in [1.29, 1.82) is 0 Å². The number of thioether (sulfide) groups is 1. The summed E-state index contributed by atoms with van der Waals surface area (Å²) in [5, 5.41) is 2.26. The summed E-state index contributed by atoms with van der Waals surface area (Å²) in [7, 11) is 0. The van der Waals surface area contributed by atoms with Gasteiger partial charge in [-0.3, -0.25) is 19.3 Å². The van der Waals surface area contributed by atoms with Gasteiger partial charge in [-0.1, -0.05) is 18.2 Å². The Morgan fingerprint density at radius 2 is 2.03 bits per heavy atom. The molecule has 1 heterocycles. The zero-order valence-electron chi connectivity index (χ0n) is 15.9. The lowest BCUT2D eigenvalue weighted by molar-refractivity contribution is -0.127. The van der Waals surface area contributed by atoms with E-state index in [0.717, 1.165) is 37.1 Å². The Morgan fingerprint density at radius 3 is 2.72 bits per heavy atom. The molecular weight excluding hydrogens is 503 g/mol. The summed E-state index contributed by atoms with van der Waals surface area (Å²) in [6.07, 6.45) is 1.65. The van der Waals surface area contributed by atoms with Gasteiger partial charge in [0, 0.05) is 5.69 Å². The van der Waals surface area contributed by atoms with E-state index in [2.05, 4.69) is 27.9 Å². The fraction of sp³-hybridized carbons (Fsp3) is 0.190. The van der Waals surface area contributed by atoms with Crippen molar-refractivity contribution < 1.29 is 19.1 Å². The lowest BCUT2D eigenvalue weighted by atomic mass is 10.2. The second-order valence-electron chi connectivity index (χ2n) is 6.31. The number of rotatable bonds is 6. The van der Waals surface area contributed by atoms with Gasteiger partial charge in [0.25, 0.3) is 11.1 Å². The molecular formula is C21H19IN2O4S. The largest absolute Gasteiger partial charge is 0.493 e. The van der Waals surface area contributed by atoms with Gasteiger partial charge in [-0.15, -0.1) is 0 Å². The van der Waals surface area contributed by atoms with Crippen LogP contribution in [-0.4, -0.2) is 35.1 Å². The van der Waals surface area contributed by atoms with Crippen molar-refractivity contribution in [3.05, 3.63) is 62.1 Å². The van der Waals surface area contributed by atoms with E-state index in [1.165, 1.54) is 0 Å². The Morgan fingerprint density at radius 1 is 1.24 bits per heavy atom. The molecule has 0 radical (unpaired) electrons. The molecule has 150 valence electrons. The molecule has 1 N–H and O–H groups in total. The predicted molar refractivity (Wildman–Crippen MR) is 123 cm³/mol. The number of nitrogens with zero attached hydrogens (tertiary/aromatic N) is 1. The molecule has 3 rings (SSSR count). The Kier molecular flexibility index (Phi) is 6.96. The molecule has 1 saturated heterocycles. The number of amides is 3. The first-order valence-corrected chi connectivity index (χ1v) is 10.8. The summed E-state index contributed by atoms with van der Waals surface area (Å²) < 4.78 is 6.42. The predicted octanol–water partition coefficient (Wildman–Crippen LogP) is 4.67. The van der Waals surface area contributed by atoms with Gasteiger partial charge in [0.15, 0.2) is 0 Å². The molecule has 0 saturated carbocycles. The van der Waals surface area contributed by atoms with Gasteiger partial charge in [0.05, 0.1) is 15.1 Å². The third-order valence-electron chi connectivity index (χ3n) is 4.03. The number of anilines is 1. The molecule has 0 aliphatic carbocycles. The van der Waals surface area contributed by atoms with Crippen molar-refractivity contribution in [3.8, 4) is 5.75 Å². The second kappa shape index (κ2) is 9.45. The summed E-state index contributed by atoms with van der Waals surface area (Å²) in [4.78, 5) is 38.4. The first-order chi connectivity index (χ1) is 13.9. The number of carbonyl (C=O) groups is 3. The van der Waals surface area contributed by atoms with E-state index in [-0.39, 0.29) is 6.54 Å². The van der Waals surface area contributed by atoms with E-state index in [0.29, 0.717) is 17.2 Å². The number of nitrogens with one attached hydrogen (secondary N) is 1. The lowest BCUT2D eigenvalue weighted by Crippen LogP contribution is -2.36. The Labute approximate surface area is 186 Å². The highest BCUT2D eigenvalue weighted by Crippen LogP contribution is 2.33. The third-order valence-corrected chi connectivity index (χ3v) is 5.78. The molecule has 2 aromatic carbocycles. The highest BCUT2D eigenvalue weighted by molar-refractivity contribution is 14.1. The van der Waals surface area contributed by atoms with Gasteiger partial charge in [-0.05, 0) is 89.7 Å². The van der Waals surface area contributed by atoms with E-state index in [1.54, 1.807) is 12.1 Å². The summed E-state index contributed by atoms with van der Waals surface area (Å²) in [6, 6.07) is 12.8. The zero-order chi connectivity index (χ0) is 21.0. The molecule has 1 fully saturated rings. The Bertz CT molecular complexity index is 1010. The standard InChI is InChI=1S/C21H19IN2O4S/c1-3-28-17-8-7-14(10-16(17)22)11-18-20(26)24(21(27)29-18)12-19(25)23-15-6-4-5-13(2)9-15/h4-11H,3,12H2,1-2H3,(H,23,25)/b18-11-. The van der Waals surface area contributed by atoms with Crippen LogP contribution in [0.25, 0.3) is 6.08 Å². The molecule has 0 bridgehead atoms. The number of hydrogen-bond acceptors (Lipinski definition) is 5. The summed E-state index contributed by atoms with van der Waals surface area (Å²) in [5.41, 5.74) is 2.41. The van der Waals surface area contributed by atoms with Gasteiger partial charge >= 0.3 is 0 Å². The molecule has 29 heavy (non-hydrogen) atoms. The van der Waals surface area contributed by atoms with Crippen LogP contribution in [0.4, 0.5) is 10.5 Å².